The summed E-state index contributed by atoms with van der Waals surface area (Å²) in [4.78, 5) is 28.2. The Bertz CT molecular complexity index is 653. The highest BCUT2D eigenvalue weighted by Gasteiger charge is 2.34. The van der Waals surface area contributed by atoms with Gasteiger partial charge in [-0.05, 0) is 37.3 Å². The van der Waals surface area contributed by atoms with Crippen molar-refractivity contribution in [3.05, 3.63) is 29.8 Å². The number of benzene rings is 1. The number of para-hydroxylation sites is 1. The van der Waals surface area contributed by atoms with E-state index in [2.05, 4.69) is 17.1 Å². The van der Waals surface area contributed by atoms with Gasteiger partial charge < -0.3 is 15.3 Å². The minimum atomic E-state index is -0.813. The number of amides is 1. The van der Waals surface area contributed by atoms with Crippen LogP contribution in [0.25, 0.3) is 0 Å². The first-order chi connectivity index (χ1) is 12.6. The monoisotopic (exact) mass is 431 g/mol. The summed E-state index contributed by atoms with van der Waals surface area (Å²) in [5.41, 5.74) is 1.73. The maximum absolute atomic E-state index is 13.0. The highest BCUT2D eigenvalue weighted by Crippen LogP contribution is 2.26. The Morgan fingerprint density at radius 2 is 1.82 bits per heavy atom. The molecule has 0 radical (unpaired) electrons. The number of carbonyl (C=O) groups excluding carboxylic acids is 1. The molecule has 0 spiro atoms. The molecule has 2 heterocycles. The van der Waals surface area contributed by atoms with Crippen molar-refractivity contribution in [1.29, 1.82) is 0 Å². The zero-order chi connectivity index (χ0) is 18.5. The number of hydrogen-bond donors (Lipinski definition) is 2. The quantitative estimate of drug-likeness (QED) is 0.693. The number of carbonyl (C=O) groups is 2. The first-order valence-corrected chi connectivity index (χ1v) is 9.67. The Balaban J connectivity index is 0.00000196. The molecule has 2 fully saturated rings. The van der Waals surface area contributed by atoms with Gasteiger partial charge in [-0.3, -0.25) is 14.5 Å². The van der Waals surface area contributed by atoms with Crippen molar-refractivity contribution in [2.45, 2.75) is 38.6 Å². The summed E-state index contributed by atoms with van der Waals surface area (Å²) in [6.07, 6.45) is 4.36. The molecule has 0 unspecified atom stereocenters. The molecule has 1 amide bonds. The van der Waals surface area contributed by atoms with E-state index < -0.39 is 5.97 Å². The van der Waals surface area contributed by atoms with Crippen molar-refractivity contribution >= 4 is 42.4 Å². The summed E-state index contributed by atoms with van der Waals surface area (Å²) in [5.74, 6) is -0.551. The van der Waals surface area contributed by atoms with Gasteiger partial charge in [0.15, 0.2) is 0 Å². The van der Waals surface area contributed by atoms with Crippen LogP contribution in [0, 0.1) is 5.92 Å². The van der Waals surface area contributed by atoms with Gasteiger partial charge in [-0.2, -0.15) is 0 Å². The van der Waals surface area contributed by atoms with Gasteiger partial charge in [0.1, 0.15) is 0 Å². The summed E-state index contributed by atoms with van der Waals surface area (Å²) in [6.45, 7) is 5.50. The lowest BCUT2D eigenvalue weighted by Gasteiger charge is -2.23. The molecule has 1 aromatic carbocycles. The molecule has 1 aromatic rings. The molecule has 0 bridgehead atoms. The second kappa shape index (κ2) is 11.5. The number of carboxylic acids is 1. The van der Waals surface area contributed by atoms with Crippen LogP contribution < -0.4 is 10.2 Å². The molecule has 3 rings (SSSR count). The molecular weight excluding hydrogens is 401 g/mol. The predicted octanol–water partition coefficient (Wildman–Crippen LogP) is 3.05. The molecule has 0 aromatic heterocycles. The lowest BCUT2D eigenvalue weighted by molar-refractivity contribution is -0.138. The van der Waals surface area contributed by atoms with Crippen LogP contribution in [0.15, 0.2) is 24.3 Å². The molecule has 2 N–H and O–H groups in total. The van der Waals surface area contributed by atoms with Crippen molar-refractivity contribution in [2.75, 3.05) is 37.6 Å². The average Bonchev–Trinajstić information content (AvgIpc) is 3.25. The van der Waals surface area contributed by atoms with Crippen molar-refractivity contribution in [3.8, 4) is 0 Å². The lowest BCUT2D eigenvalue weighted by Crippen LogP contribution is -2.41. The normalized spacial score (nSPS) is 21.7. The molecule has 0 aliphatic carbocycles. The van der Waals surface area contributed by atoms with E-state index in [-0.39, 0.29) is 43.3 Å². The number of nitrogens with zero attached hydrogens (tertiary/aromatic N) is 2. The Labute approximate surface area is 179 Å². The molecule has 8 heteroatoms. The van der Waals surface area contributed by atoms with Gasteiger partial charge in [-0.1, -0.05) is 25.5 Å². The zero-order valence-electron chi connectivity index (χ0n) is 16.3. The second-order valence-electron chi connectivity index (χ2n) is 7.43. The SMILES string of the molecule is CCC[C@H]1CN(CC(=O)O)C[C@@H]1NC(=O)c1ccccc1N1CCCC1.Cl.Cl. The smallest absolute Gasteiger partial charge is 0.317 e. The van der Waals surface area contributed by atoms with E-state index in [9.17, 15) is 9.59 Å². The van der Waals surface area contributed by atoms with Gasteiger partial charge in [0.05, 0.1) is 12.1 Å². The van der Waals surface area contributed by atoms with Crippen molar-refractivity contribution in [2.24, 2.45) is 5.92 Å². The Morgan fingerprint density at radius 1 is 1.14 bits per heavy atom. The number of carboxylic acid groups (broad SMARTS) is 1. The lowest BCUT2D eigenvalue weighted by atomic mass is 9.98. The number of nitrogens with one attached hydrogen (secondary N) is 1. The largest absolute Gasteiger partial charge is 0.480 e. The van der Waals surface area contributed by atoms with Gasteiger partial charge in [-0.25, -0.2) is 0 Å². The van der Waals surface area contributed by atoms with Gasteiger partial charge in [0.2, 0.25) is 0 Å². The minimum absolute atomic E-state index is 0. The summed E-state index contributed by atoms with van der Waals surface area (Å²) >= 11 is 0. The van der Waals surface area contributed by atoms with Crippen LogP contribution >= 0.6 is 24.8 Å². The third-order valence-electron chi connectivity index (χ3n) is 5.45. The molecule has 2 saturated heterocycles. The Hall–Kier alpha value is -1.50. The van der Waals surface area contributed by atoms with Gasteiger partial charge in [0, 0.05) is 37.9 Å². The highest BCUT2D eigenvalue weighted by atomic mass is 35.5. The third-order valence-corrected chi connectivity index (χ3v) is 5.45. The van der Waals surface area contributed by atoms with Crippen LogP contribution in [0.5, 0.6) is 0 Å². The molecule has 0 saturated carbocycles. The maximum Gasteiger partial charge on any atom is 0.317 e. The molecule has 2 aliphatic heterocycles. The van der Waals surface area contributed by atoms with Crippen LogP contribution in [0.3, 0.4) is 0 Å². The fourth-order valence-corrected chi connectivity index (χ4v) is 4.25. The summed E-state index contributed by atoms with van der Waals surface area (Å²) in [6, 6.07) is 7.81. The number of hydrogen-bond acceptors (Lipinski definition) is 4. The number of anilines is 1. The summed E-state index contributed by atoms with van der Waals surface area (Å²) in [5, 5.41) is 12.3. The van der Waals surface area contributed by atoms with Crippen LogP contribution in [0.2, 0.25) is 0 Å². The van der Waals surface area contributed by atoms with Crippen LogP contribution in [-0.2, 0) is 4.79 Å². The van der Waals surface area contributed by atoms with Crippen LogP contribution in [0.1, 0.15) is 43.0 Å². The number of aliphatic carboxylic acids is 1. The van der Waals surface area contributed by atoms with Crippen molar-refractivity contribution in [1.82, 2.24) is 10.2 Å². The number of halogens is 2. The van der Waals surface area contributed by atoms with Gasteiger partial charge >= 0.3 is 5.97 Å². The highest BCUT2D eigenvalue weighted by molar-refractivity contribution is 6.00. The summed E-state index contributed by atoms with van der Waals surface area (Å²) < 4.78 is 0. The van der Waals surface area contributed by atoms with E-state index in [0.29, 0.717) is 12.5 Å². The fourth-order valence-electron chi connectivity index (χ4n) is 4.25. The van der Waals surface area contributed by atoms with E-state index >= 15 is 0 Å². The number of rotatable bonds is 7. The molecule has 2 aliphatic rings. The predicted molar refractivity (Wildman–Crippen MR) is 116 cm³/mol. The maximum atomic E-state index is 13.0. The topological polar surface area (TPSA) is 72.9 Å². The second-order valence-corrected chi connectivity index (χ2v) is 7.43. The molecule has 158 valence electrons. The molecular formula is C20H31Cl2N3O3. The van der Waals surface area contributed by atoms with Crippen LogP contribution in [0.4, 0.5) is 5.69 Å². The molecule has 28 heavy (non-hydrogen) atoms. The van der Waals surface area contributed by atoms with E-state index in [1.165, 1.54) is 12.8 Å². The Morgan fingerprint density at radius 3 is 2.46 bits per heavy atom. The Kier molecular flexibility index (Phi) is 10.1. The standard InChI is InChI=1S/C20H29N3O3.2ClH/c1-2-7-15-12-22(14-19(24)25)13-17(15)21-20(26)16-8-3-4-9-18(16)23-10-5-6-11-23;;/h3-4,8-9,15,17H,2,5-7,10-14H2,1H3,(H,21,26)(H,24,25);2*1H/t15-,17-;;/m0../s1. The van der Waals surface area contributed by atoms with E-state index in [1.54, 1.807) is 0 Å². The third kappa shape index (κ3) is 6.00. The van der Waals surface area contributed by atoms with E-state index in [4.69, 9.17) is 5.11 Å². The summed E-state index contributed by atoms with van der Waals surface area (Å²) in [7, 11) is 0. The number of likely N-dealkylation sites (tertiary alicyclic amines) is 1. The molecule has 2 atom stereocenters. The molecule has 6 nitrogen and oxygen atoms in total. The average molecular weight is 432 g/mol. The zero-order valence-corrected chi connectivity index (χ0v) is 17.9. The van der Waals surface area contributed by atoms with Gasteiger partial charge in [-0.15, -0.1) is 24.8 Å². The fraction of sp³-hybridized carbons (Fsp3) is 0.600. The van der Waals surface area contributed by atoms with Gasteiger partial charge in [0.25, 0.3) is 5.91 Å². The van der Waals surface area contributed by atoms with E-state index in [1.807, 2.05) is 29.2 Å². The minimum Gasteiger partial charge on any atom is -0.480 e. The first-order valence-electron chi connectivity index (χ1n) is 9.67. The van der Waals surface area contributed by atoms with E-state index in [0.717, 1.165) is 43.7 Å². The first kappa shape index (κ1) is 24.5. The van der Waals surface area contributed by atoms with Crippen molar-refractivity contribution in [3.63, 3.8) is 0 Å². The van der Waals surface area contributed by atoms with Crippen molar-refractivity contribution < 1.29 is 14.7 Å². The van der Waals surface area contributed by atoms with Crippen LogP contribution in [-0.4, -0.2) is 60.6 Å².